The highest BCUT2D eigenvalue weighted by atomic mass is 32.1. The third-order valence-electron chi connectivity index (χ3n) is 2.78. The molecule has 4 heteroatoms. The lowest BCUT2D eigenvalue weighted by molar-refractivity contribution is -0.146. The van der Waals surface area contributed by atoms with E-state index >= 15 is 0 Å². The number of carbonyl (C=O) groups is 1. The van der Waals surface area contributed by atoms with Gasteiger partial charge >= 0.3 is 5.97 Å². The third-order valence-corrected chi connectivity index (χ3v) is 3.90. The fourth-order valence-corrected chi connectivity index (χ4v) is 3.14. The van der Waals surface area contributed by atoms with Crippen molar-refractivity contribution in [2.24, 2.45) is 5.92 Å². The zero-order valence-electron chi connectivity index (χ0n) is 10.8. The summed E-state index contributed by atoms with van der Waals surface area (Å²) in [5.41, 5.74) is 0.951. The molecule has 0 radical (unpaired) electrons. The molecule has 1 atom stereocenters. The molecule has 0 amide bonds. The second-order valence-electron chi connectivity index (χ2n) is 4.49. The Kier molecular flexibility index (Phi) is 3.97. The highest BCUT2D eigenvalue weighted by Gasteiger charge is 2.28. The molecule has 0 aliphatic heterocycles. The molecule has 18 heavy (non-hydrogen) atoms. The first kappa shape index (κ1) is 13.0. The predicted molar refractivity (Wildman–Crippen MR) is 73.8 cm³/mol. The minimum atomic E-state index is -0.262. The van der Waals surface area contributed by atoms with E-state index in [0.29, 0.717) is 6.61 Å². The van der Waals surface area contributed by atoms with Crippen LogP contribution in [0.3, 0.4) is 0 Å². The predicted octanol–water partition coefficient (Wildman–Crippen LogP) is 3.60. The van der Waals surface area contributed by atoms with E-state index in [2.05, 4.69) is 4.98 Å². The summed E-state index contributed by atoms with van der Waals surface area (Å²) < 4.78 is 6.26. The SMILES string of the molecule is CCOC(=O)C(c1nc2ccccc2s1)C(C)C. The van der Waals surface area contributed by atoms with Crippen molar-refractivity contribution in [2.75, 3.05) is 6.61 Å². The second-order valence-corrected chi connectivity index (χ2v) is 5.56. The van der Waals surface area contributed by atoms with Crippen LogP contribution in [0.2, 0.25) is 0 Å². The summed E-state index contributed by atoms with van der Waals surface area (Å²) in [6.45, 7) is 6.28. The lowest BCUT2D eigenvalue weighted by atomic mass is 9.97. The number of nitrogens with zero attached hydrogens (tertiary/aromatic N) is 1. The number of benzene rings is 1. The van der Waals surface area contributed by atoms with E-state index in [1.165, 1.54) is 0 Å². The van der Waals surface area contributed by atoms with Crippen molar-refractivity contribution < 1.29 is 9.53 Å². The molecule has 0 fully saturated rings. The van der Waals surface area contributed by atoms with Gasteiger partial charge in [-0.15, -0.1) is 11.3 Å². The fourth-order valence-electron chi connectivity index (χ4n) is 1.91. The van der Waals surface area contributed by atoms with E-state index in [9.17, 15) is 4.79 Å². The maximum absolute atomic E-state index is 12.0. The molecular weight excluding hydrogens is 246 g/mol. The molecule has 0 spiro atoms. The van der Waals surface area contributed by atoms with Gasteiger partial charge in [0.05, 0.1) is 16.8 Å². The van der Waals surface area contributed by atoms with Gasteiger partial charge in [0.25, 0.3) is 0 Å². The summed E-state index contributed by atoms with van der Waals surface area (Å²) in [6, 6.07) is 7.94. The number of aromatic nitrogens is 1. The first-order chi connectivity index (χ1) is 8.63. The van der Waals surface area contributed by atoms with Crippen LogP contribution in [0.1, 0.15) is 31.7 Å². The number of hydrogen-bond donors (Lipinski definition) is 0. The van der Waals surface area contributed by atoms with Crippen molar-refractivity contribution in [1.82, 2.24) is 4.98 Å². The van der Waals surface area contributed by atoms with Gasteiger partial charge in [0.15, 0.2) is 0 Å². The van der Waals surface area contributed by atoms with E-state index in [1.807, 2.05) is 45.0 Å². The molecule has 0 saturated carbocycles. The number of carbonyl (C=O) groups excluding carboxylic acids is 1. The first-order valence-electron chi connectivity index (χ1n) is 6.15. The number of thiazole rings is 1. The maximum Gasteiger partial charge on any atom is 0.316 e. The Labute approximate surface area is 111 Å². The Hall–Kier alpha value is -1.42. The zero-order chi connectivity index (χ0) is 13.1. The molecule has 1 aromatic carbocycles. The molecule has 1 aromatic heterocycles. The van der Waals surface area contributed by atoms with Crippen molar-refractivity contribution in [2.45, 2.75) is 26.7 Å². The van der Waals surface area contributed by atoms with Gasteiger partial charge in [-0.25, -0.2) is 4.98 Å². The van der Waals surface area contributed by atoms with Gasteiger partial charge in [0, 0.05) is 0 Å². The molecule has 0 saturated heterocycles. The molecule has 0 aliphatic carbocycles. The number of esters is 1. The summed E-state index contributed by atoms with van der Waals surface area (Å²) in [5.74, 6) is -0.251. The summed E-state index contributed by atoms with van der Waals surface area (Å²) in [5, 5.41) is 0.852. The van der Waals surface area contributed by atoms with Crippen LogP contribution in [-0.2, 0) is 9.53 Å². The highest BCUT2D eigenvalue weighted by molar-refractivity contribution is 7.18. The lowest BCUT2D eigenvalue weighted by Crippen LogP contribution is -2.20. The van der Waals surface area contributed by atoms with E-state index in [0.717, 1.165) is 15.2 Å². The topological polar surface area (TPSA) is 39.2 Å². The van der Waals surface area contributed by atoms with Crippen molar-refractivity contribution >= 4 is 27.5 Å². The Morgan fingerprint density at radius 2 is 2.11 bits per heavy atom. The van der Waals surface area contributed by atoms with E-state index in [1.54, 1.807) is 11.3 Å². The minimum Gasteiger partial charge on any atom is -0.465 e. The molecule has 0 bridgehead atoms. The molecule has 2 aromatic rings. The average Bonchev–Trinajstić information content (AvgIpc) is 2.71. The monoisotopic (exact) mass is 263 g/mol. The molecular formula is C14H17NO2S. The number of fused-ring (bicyclic) bond motifs is 1. The minimum absolute atomic E-state index is 0.174. The smallest absolute Gasteiger partial charge is 0.316 e. The molecule has 96 valence electrons. The van der Waals surface area contributed by atoms with Gasteiger partial charge in [0.1, 0.15) is 10.9 Å². The van der Waals surface area contributed by atoms with Crippen LogP contribution >= 0.6 is 11.3 Å². The highest BCUT2D eigenvalue weighted by Crippen LogP contribution is 2.32. The summed E-state index contributed by atoms with van der Waals surface area (Å²) in [6.07, 6.45) is 0. The second kappa shape index (κ2) is 5.48. The van der Waals surface area contributed by atoms with E-state index in [-0.39, 0.29) is 17.8 Å². The summed E-state index contributed by atoms with van der Waals surface area (Å²) >= 11 is 1.58. The van der Waals surface area contributed by atoms with Crippen molar-refractivity contribution in [3.63, 3.8) is 0 Å². The molecule has 3 nitrogen and oxygen atoms in total. The summed E-state index contributed by atoms with van der Waals surface area (Å²) in [4.78, 5) is 16.6. The molecule has 1 unspecified atom stereocenters. The Morgan fingerprint density at radius 1 is 1.39 bits per heavy atom. The van der Waals surface area contributed by atoms with Crippen molar-refractivity contribution in [1.29, 1.82) is 0 Å². The van der Waals surface area contributed by atoms with Crippen LogP contribution in [0, 0.1) is 5.92 Å². The van der Waals surface area contributed by atoms with Gasteiger partial charge in [-0.2, -0.15) is 0 Å². The van der Waals surface area contributed by atoms with Crippen LogP contribution in [0.5, 0.6) is 0 Å². The fraction of sp³-hybridized carbons (Fsp3) is 0.429. The average molecular weight is 263 g/mol. The van der Waals surface area contributed by atoms with Crippen molar-refractivity contribution in [3.05, 3.63) is 29.3 Å². The first-order valence-corrected chi connectivity index (χ1v) is 6.97. The largest absolute Gasteiger partial charge is 0.465 e. The Morgan fingerprint density at radius 3 is 2.72 bits per heavy atom. The normalized spacial score (nSPS) is 12.9. The lowest BCUT2D eigenvalue weighted by Gasteiger charge is -2.16. The standard InChI is InChI=1S/C14H17NO2S/c1-4-17-14(16)12(9(2)3)13-15-10-7-5-6-8-11(10)18-13/h5-9,12H,4H2,1-3H3. The quantitative estimate of drug-likeness (QED) is 0.791. The number of ether oxygens (including phenoxy) is 1. The number of para-hydroxylation sites is 1. The van der Waals surface area contributed by atoms with Crippen LogP contribution < -0.4 is 0 Å². The molecule has 0 N–H and O–H groups in total. The van der Waals surface area contributed by atoms with Gasteiger partial charge in [-0.3, -0.25) is 4.79 Å². The number of rotatable bonds is 4. The Bertz CT molecular complexity index is 514. The maximum atomic E-state index is 12.0. The zero-order valence-corrected chi connectivity index (χ0v) is 11.7. The van der Waals surface area contributed by atoms with E-state index < -0.39 is 0 Å². The Balaban J connectivity index is 2.38. The van der Waals surface area contributed by atoms with Crippen LogP contribution in [-0.4, -0.2) is 17.6 Å². The van der Waals surface area contributed by atoms with Gasteiger partial charge < -0.3 is 4.74 Å². The van der Waals surface area contributed by atoms with Crippen LogP contribution in [0.25, 0.3) is 10.2 Å². The van der Waals surface area contributed by atoms with Gasteiger partial charge in [0.2, 0.25) is 0 Å². The van der Waals surface area contributed by atoms with Gasteiger partial charge in [-0.05, 0) is 25.0 Å². The molecule has 2 rings (SSSR count). The van der Waals surface area contributed by atoms with E-state index in [4.69, 9.17) is 4.74 Å². The van der Waals surface area contributed by atoms with Crippen LogP contribution in [0.15, 0.2) is 24.3 Å². The molecule has 0 aliphatic rings. The van der Waals surface area contributed by atoms with Gasteiger partial charge in [-0.1, -0.05) is 26.0 Å². The van der Waals surface area contributed by atoms with Crippen molar-refractivity contribution in [3.8, 4) is 0 Å². The third kappa shape index (κ3) is 2.53. The number of hydrogen-bond acceptors (Lipinski definition) is 4. The summed E-state index contributed by atoms with van der Waals surface area (Å²) in [7, 11) is 0. The molecule has 1 heterocycles. The van der Waals surface area contributed by atoms with Crippen LogP contribution in [0.4, 0.5) is 0 Å².